The molecule has 0 fully saturated rings. The molecule has 0 saturated heterocycles. The molecule has 1 aromatic carbocycles. The third-order valence-corrected chi connectivity index (χ3v) is 4.00. The number of hydrogen-bond acceptors (Lipinski definition) is 5. The smallest absolute Gasteiger partial charge is 0.279 e. The summed E-state index contributed by atoms with van der Waals surface area (Å²) in [5.74, 6) is 0.390. The van der Waals surface area contributed by atoms with Crippen LogP contribution in [0.3, 0.4) is 0 Å². The van der Waals surface area contributed by atoms with Crippen molar-refractivity contribution in [3.63, 3.8) is 0 Å². The van der Waals surface area contributed by atoms with Gasteiger partial charge in [-0.25, -0.2) is 0 Å². The quantitative estimate of drug-likeness (QED) is 0.596. The topological polar surface area (TPSA) is 98.2 Å². The molecule has 1 unspecified atom stereocenters. The van der Waals surface area contributed by atoms with E-state index in [0.29, 0.717) is 29.3 Å². The zero-order valence-electron chi connectivity index (χ0n) is 16.5. The molecule has 27 heavy (non-hydrogen) atoms. The van der Waals surface area contributed by atoms with Gasteiger partial charge in [-0.3, -0.25) is 14.4 Å². The third-order valence-electron chi connectivity index (χ3n) is 4.00. The number of hydrogen-bond donors (Lipinski definition) is 3. The number of carbonyl (C=O) groups is 3. The van der Waals surface area contributed by atoms with Gasteiger partial charge < -0.3 is 25.0 Å². The summed E-state index contributed by atoms with van der Waals surface area (Å²) in [4.78, 5) is 37.3. The Balaban J connectivity index is 2.04. The van der Waals surface area contributed by atoms with Gasteiger partial charge in [-0.15, -0.1) is 0 Å². The second-order valence-corrected chi connectivity index (χ2v) is 7.61. The molecule has 0 bridgehead atoms. The highest BCUT2D eigenvalue weighted by molar-refractivity contribution is 6.04. The average molecular weight is 378 g/mol. The molecule has 0 spiro atoms. The van der Waals surface area contributed by atoms with Crippen molar-refractivity contribution in [1.29, 1.82) is 0 Å². The van der Waals surface area contributed by atoms with Gasteiger partial charge in [-0.2, -0.15) is 0 Å². The summed E-state index contributed by atoms with van der Waals surface area (Å²) in [5.41, 5.74) is 0.420. The summed E-state index contributed by atoms with van der Waals surface area (Å²) in [6, 6.07) is 3.16. The lowest BCUT2D eigenvalue weighted by Crippen LogP contribution is -3.14. The van der Waals surface area contributed by atoms with Crippen LogP contribution >= 0.6 is 0 Å². The van der Waals surface area contributed by atoms with E-state index in [4.69, 9.17) is 9.47 Å². The standard InChI is InChI=1S/C19H27N3O5/c1-6-22(10-18(25)21-19(3,4)5)9-17(24)20-14-8-16-15(26-11-27-16)7-13(14)12(2)23/h7-8H,6,9-11H2,1-5H3,(H,20,24)(H,21,25)/p+1. The highest BCUT2D eigenvalue weighted by Crippen LogP contribution is 2.37. The van der Waals surface area contributed by atoms with Gasteiger partial charge in [-0.1, -0.05) is 0 Å². The van der Waals surface area contributed by atoms with Gasteiger partial charge >= 0.3 is 0 Å². The Morgan fingerprint density at radius 3 is 2.22 bits per heavy atom. The van der Waals surface area contributed by atoms with Crippen molar-refractivity contribution in [2.75, 3.05) is 31.7 Å². The van der Waals surface area contributed by atoms with Crippen LogP contribution in [0, 0.1) is 0 Å². The number of amides is 2. The molecule has 0 aromatic heterocycles. The maximum atomic E-state index is 12.5. The Morgan fingerprint density at radius 2 is 1.67 bits per heavy atom. The van der Waals surface area contributed by atoms with Gasteiger partial charge in [0.1, 0.15) is 0 Å². The minimum absolute atomic E-state index is 0.0841. The van der Waals surface area contributed by atoms with Crippen LogP contribution < -0.4 is 25.0 Å². The number of benzene rings is 1. The zero-order valence-corrected chi connectivity index (χ0v) is 16.5. The highest BCUT2D eigenvalue weighted by atomic mass is 16.7. The van der Waals surface area contributed by atoms with Crippen molar-refractivity contribution in [1.82, 2.24) is 5.32 Å². The average Bonchev–Trinajstić information content (AvgIpc) is 2.98. The second-order valence-electron chi connectivity index (χ2n) is 7.61. The maximum Gasteiger partial charge on any atom is 0.279 e. The number of nitrogens with one attached hydrogen (secondary N) is 3. The van der Waals surface area contributed by atoms with Crippen LogP contribution in [-0.4, -0.2) is 49.6 Å². The van der Waals surface area contributed by atoms with Gasteiger partial charge in [-0.05, 0) is 40.7 Å². The van der Waals surface area contributed by atoms with E-state index >= 15 is 0 Å². The number of carbonyl (C=O) groups excluding carboxylic acids is 3. The molecule has 0 aliphatic carbocycles. The fourth-order valence-electron chi connectivity index (χ4n) is 2.76. The maximum absolute atomic E-state index is 12.5. The summed E-state index contributed by atoms with van der Waals surface area (Å²) < 4.78 is 10.6. The van der Waals surface area contributed by atoms with Gasteiger partial charge in [0.05, 0.1) is 12.2 Å². The molecular formula is C19H28N3O5+. The van der Waals surface area contributed by atoms with Crippen molar-refractivity contribution < 1.29 is 28.8 Å². The number of ether oxygens (including phenoxy) is 2. The molecule has 2 rings (SSSR count). The second kappa shape index (κ2) is 8.39. The molecule has 0 radical (unpaired) electrons. The van der Waals surface area contributed by atoms with E-state index in [1.807, 2.05) is 27.7 Å². The fourth-order valence-corrected chi connectivity index (χ4v) is 2.76. The van der Waals surface area contributed by atoms with Crippen molar-refractivity contribution >= 4 is 23.3 Å². The minimum Gasteiger partial charge on any atom is -0.454 e. The van der Waals surface area contributed by atoms with Crippen LogP contribution in [0.15, 0.2) is 12.1 Å². The Hall–Kier alpha value is -2.61. The molecule has 1 atom stereocenters. The zero-order chi connectivity index (χ0) is 20.2. The van der Waals surface area contributed by atoms with E-state index in [1.54, 1.807) is 12.1 Å². The molecule has 0 saturated carbocycles. The highest BCUT2D eigenvalue weighted by Gasteiger charge is 2.23. The van der Waals surface area contributed by atoms with Crippen molar-refractivity contribution in [2.45, 2.75) is 40.2 Å². The molecule has 3 N–H and O–H groups in total. The number of anilines is 1. The lowest BCUT2D eigenvalue weighted by molar-refractivity contribution is -0.881. The number of Topliss-reactive ketones (excluding diaryl/α,β-unsaturated/α-hetero) is 1. The largest absolute Gasteiger partial charge is 0.454 e. The van der Waals surface area contributed by atoms with Gasteiger partial charge in [0.15, 0.2) is 30.4 Å². The first-order valence-electron chi connectivity index (χ1n) is 8.98. The van der Waals surface area contributed by atoms with E-state index in [9.17, 15) is 14.4 Å². The Kier molecular flexibility index (Phi) is 6.43. The van der Waals surface area contributed by atoms with Crippen molar-refractivity contribution in [3.8, 4) is 11.5 Å². The first-order valence-corrected chi connectivity index (χ1v) is 8.98. The van der Waals surface area contributed by atoms with Gasteiger partial charge in [0.25, 0.3) is 11.8 Å². The van der Waals surface area contributed by atoms with Crippen LogP contribution in [-0.2, 0) is 9.59 Å². The van der Waals surface area contributed by atoms with E-state index in [0.717, 1.165) is 4.90 Å². The van der Waals surface area contributed by atoms with Crippen molar-refractivity contribution in [3.05, 3.63) is 17.7 Å². The monoisotopic (exact) mass is 378 g/mol. The lowest BCUT2D eigenvalue weighted by atomic mass is 10.1. The molecule has 8 nitrogen and oxygen atoms in total. The minimum atomic E-state index is -0.318. The first-order chi connectivity index (χ1) is 12.6. The summed E-state index contributed by atoms with van der Waals surface area (Å²) in [7, 11) is 0. The Bertz CT molecular complexity index is 740. The summed E-state index contributed by atoms with van der Waals surface area (Å²) in [6.07, 6.45) is 0. The number of likely N-dealkylation sites (N-methyl/N-ethyl adjacent to an activating group) is 1. The van der Waals surface area contributed by atoms with Gasteiger partial charge in [0.2, 0.25) is 6.79 Å². The number of quaternary nitrogens is 1. The van der Waals surface area contributed by atoms with Crippen LogP contribution in [0.4, 0.5) is 5.69 Å². The molecule has 1 aromatic rings. The number of ketones is 1. The molecule has 1 aliphatic heterocycles. The SMILES string of the molecule is CC[NH+](CC(=O)Nc1cc2c(cc1C(C)=O)OCO2)CC(=O)NC(C)(C)C. The molecule has 8 heteroatoms. The fraction of sp³-hybridized carbons (Fsp3) is 0.526. The number of fused-ring (bicyclic) bond motifs is 1. The summed E-state index contributed by atoms with van der Waals surface area (Å²) in [6.45, 7) is 10.1. The summed E-state index contributed by atoms with van der Waals surface area (Å²) >= 11 is 0. The molecule has 1 aliphatic rings. The lowest BCUT2D eigenvalue weighted by Gasteiger charge is -2.23. The van der Waals surface area contributed by atoms with Crippen LogP contribution in [0.25, 0.3) is 0 Å². The van der Waals surface area contributed by atoms with E-state index in [-0.39, 0.29) is 43.0 Å². The van der Waals surface area contributed by atoms with E-state index in [1.165, 1.54) is 6.92 Å². The molecule has 148 valence electrons. The predicted octanol–water partition coefficient (Wildman–Crippen LogP) is 0.376. The van der Waals surface area contributed by atoms with E-state index in [2.05, 4.69) is 10.6 Å². The predicted molar refractivity (Wildman–Crippen MR) is 100 cm³/mol. The van der Waals surface area contributed by atoms with Crippen molar-refractivity contribution in [2.24, 2.45) is 0 Å². The normalized spacial score (nSPS) is 13.8. The van der Waals surface area contributed by atoms with Crippen LogP contribution in [0.5, 0.6) is 11.5 Å². The molecule has 1 heterocycles. The Labute approximate surface area is 159 Å². The molecular weight excluding hydrogens is 350 g/mol. The van der Waals surface area contributed by atoms with Crippen LogP contribution in [0.1, 0.15) is 45.0 Å². The van der Waals surface area contributed by atoms with E-state index < -0.39 is 0 Å². The first kappa shape index (κ1) is 20.7. The van der Waals surface area contributed by atoms with Crippen LogP contribution in [0.2, 0.25) is 0 Å². The number of rotatable bonds is 7. The molecule has 2 amide bonds. The third kappa shape index (κ3) is 5.96. The Morgan fingerprint density at radius 1 is 1.07 bits per heavy atom. The van der Waals surface area contributed by atoms with Gasteiger partial charge in [0, 0.05) is 17.2 Å². The summed E-state index contributed by atoms with van der Waals surface area (Å²) in [5, 5.41) is 5.65.